The van der Waals surface area contributed by atoms with E-state index in [2.05, 4.69) is 33.7 Å². The lowest BCUT2D eigenvalue weighted by Gasteiger charge is -2.04. The average molecular weight is 279 g/mol. The van der Waals surface area contributed by atoms with Gasteiger partial charge in [0.15, 0.2) is 4.34 Å². The van der Waals surface area contributed by atoms with Gasteiger partial charge >= 0.3 is 0 Å². The van der Waals surface area contributed by atoms with E-state index < -0.39 is 0 Å². The maximum absolute atomic E-state index is 4.43. The van der Waals surface area contributed by atoms with Crippen LogP contribution in [0.3, 0.4) is 0 Å². The van der Waals surface area contributed by atoms with Crippen molar-refractivity contribution in [2.45, 2.75) is 24.1 Å². The summed E-state index contributed by atoms with van der Waals surface area (Å²) >= 11 is 3.31. The van der Waals surface area contributed by atoms with Crippen LogP contribution < -0.4 is 5.32 Å². The van der Waals surface area contributed by atoms with Gasteiger partial charge in [0.2, 0.25) is 0 Å². The molecule has 0 atom stereocenters. The van der Waals surface area contributed by atoms with Crippen molar-refractivity contribution >= 4 is 29.0 Å². The van der Waals surface area contributed by atoms with Crippen LogP contribution in [0.5, 0.6) is 0 Å². The molecule has 18 heavy (non-hydrogen) atoms. The Balaban J connectivity index is 1.61. The summed E-state index contributed by atoms with van der Waals surface area (Å²) in [6.07, 6.45) is 2.05. The van der Waals surface area contributed by atoms with E-state index in [1.54, 1.807) is 11.8 Å². The second kappa shape index (κ2) is 7.38. The topological polar surface area (TPSA) is 37.8 Å². The maximum atomic E-state index is 4.43. The van der Waals surface area contributed by atoms with E-state index in [0.717, 1.165) is 35.3 Å². The highest BCUT2D eigenvalue weighted by Gasteiger charge is 2.02. The summed E-state index contributed by atoms with van der Waals surface area (Å²) in [5, 5.41) is 3.40. The predicted molar refractivity (Wildman–Crippen MR) is 79.6 cm³/mol. The molecule has 0 spiro atoms. The molecule has 0 aliphatic heterocycles. The lowest BCUT2D eigenvalue weighted by atomic mass is 10.3. The highest BCUT2D eigenvalue weighted by molar-refractivity contribution is 8.00. The Kier molecular flexibility index (Phi) is 5.48. The average Bonchev–Trinajstić information content (AvgIpc) is 2.87. The van der Waals surface area contributed by atoms with Gasteiger partial charge in [0, 0.05) is 24.4 Å². The molecule has 0 saturated heterocycles. The number of aromatic nitrogens is 2. The molecule has 0 fully saturated rings. The van der Waals surface area contributed by atoms with Crippen molar-refractivity contribution in [2.75, 3.05) is 17.6 Å². The zero-order valence-electron chi connectivity index (χ0n) is 10.4. The fraction of sp³-hybridized carbons (Fsp3) is 0.385. The largest absolute Gasteiger partial charge is 0.385 e. The first-order valence-corrected chi connectivity index (χ1v) is 7.88. The van der Waals surface area contributed by atoms with Crippen molar-refractivity contribution in [3.8, 4) is 0 Å². The Morgan fingerprint density at radius 2 is 2.11 bits per heavy atom. The SMILES string of the molecule is CCc1nsc(SCCCNc2ccccc2)n1. The molecule has 0 bridgehead atoms. The van der Waals surface area contributed by atoms with Crippen LogP contribution in [-0.4, -0.2) is 21.7 Å². The molecule has 0 amide bonds. The summed E-state index contributed by atoms with van der Waals surface area (Å²) in [5.74, 6) is 2.04. The number of hydrogen-bond donors (Lipinski definition) is 1. The third-order valence-corrected chi connectivity index (χ3v) is 4.37. The molecule has 0 aliphatic rings. The van der Waals surface area contributed by atoms with Crippen LogP contribution in [0, 0.1) is 0 Å². The maximum Gasteiger partial charge on any atom is 0.170 e. The van der Waals surface area contributed by atoms with E-state index in [0.29, 0.717) is 0 Å². The molecule has 1 aromatic carbocycles. The van der Waals surface area contributed by atoms with Crippen molar-refractivity contribution in [3.63, 3.8) is 0 Å². The van der Waals surface area contributed by atoms with Gasteiger partial charge in [0.05, 0.1) is 0 Å². The van der Waals surface area contributed by atoms with Gasteiger partial charge in [-0.15, -0.1) is 0 Å². The van der Waals surface area contributed by atoms with Gasteiger partial charge in [-0.1, -0.05) is 36.9 Å². The molecular weight excluding hydrogens is 262 g/mol. The van der Waals surface area contributed by atoms with Crippen molar-refractivity contribution < 1.29 is 0 Å². The van der Waals surface area contributed by atoms with Crippen LogP contribution in [0.25, 0.3) is 0 Å². The van der Waals surface area contributed by atoms with Gasteiger partial charge in [0.25, 0.3) is 0 Å². The smallest absolute Gasteiger partial charge is 0.170 e. The minimum atomic E-state index is 0.923. The van der Waals surface area contributed by atoms with Gasteiger partial charge in [0.1, 0.15) is 5.82 Å². The molecule has 5 heteroatoms. The lowest BCUT2D eigenvalue weighted by Crippen LogP contribution is -2.02. The number of nitrogens with zero attached hydrogens (tertiary/aromatic N) is 2. The summed E-state index contributed by atoms with van der Waals surface area (Å²) in [6, 6.07) is 10.3. The highest BCUT2D eigenvalue weighted by Crippen LogP contribution is 2.20. The van der Waals surface area contributed by atoms with E-state index >= 15 is 0 Å². The Labute approximate surface area is 116 Å². The van der Waals surface area contributed by atoms with E-state index in [4.69, 9.17) is 0 Å². The first kappa shape index (κ1) is 13.4. The summed E-state index contributed by atoms with van der Waals surface area (Å²) in [6.45, 7) is 3.08. The number of rotatable bonds is 7. The molecule has 0 saturated carbocycles. The van der Waals surface area contributed by atoms with Gasteiger partial charge in [-0.05, 0) is 30.1 Å². The summed E-state index contributed by atoms with van der Waals surface area (Å²) in [5.41, 5.74) is 1.19. The summed E-state index contributed by atoms with van der Waals surface area (Å²) in [4.78, 5) is 4.43. The Bertz CT molecular complexity index is 456. The molecular formula is C13H17N3S2. The van der Waals surface area contributed by atoms with Crippen LogP contribution in [0.1, 0.15) is 19.2 Å². The Hall–Kier alpha value is -1.07. The predicted octanol–water partition coefficient (Wildman–Crippen LogP) is 3.69. The lowest BCUT2D eigenvalue weighted by molar-refractivity contribution is 0.965. The number of benzene rings is 1. The standard InChI is InChI=1S/C13H17N3S2/c1-2-12-15-13(18-16-12)17-10-6-9-14-11-7-4-3-5-8-11/h3-5,7-8,14H,2,6,9-10H2,1H3. The highest BCUT2D eigenvalue weighted by atomic mass is 32.2. The molecule has 0 unspecified atom stereocenters. The van der Waals surface area contributed by atoms with E-state index in [1.165, 1.54) is 17.2 Å². The number of thioether (sulfide) groups is 1. The fourth-order valence-corrected chi connectivity index (χ4v) is 3.17. The van der Waals surface area contributed by atoms with Crippen LogP contribution >= 0.6 is 23.3 Å². The Morgan fingerprint density at radius 3 is 2.83 bits per heavy atom. The number of hydrogen-bond acceptors (Lipinski definition) is 5. The fourth-order valence-electron chi connectivity index (χ4n) is 1.46. The second-order valence-electron chi connectivity index (χ2n) is 3.82. The minimum Gasteiger partial charge on any atom is -0.385 e. The minimum absolute atomic E-state index is 0.923. The quantitative estimate of drug-likeness (QED) is 0.619. The first-order valence-electron chi connectivity index (χ1n) is 6.13. The number of aryl methyl sites for hydroxylation is 1. The van der Waals surface area contributed by atoms with Crippen molar-refractivity contribution in [1.29, 1.82) is 0 Å². The third-order valence-electron chi connectivity index (χ3n) is 2.42. The normalized spacial score (nSPS) is 10.5. The van der Waals surface area contributed by atoms with Crippen LogP contribution in [-0.2, 0) is 6.42 Å². The molecule has 1 aromatic heterocycles. The van der Waals surface area contributed by atoms with E-state index in [-0.39, 0.29) is 0 Å². The zero-order valence-corrected chi connectivity index (χ0v) is 12.1. The number of anilines is 1. The first-order chi connectivity index (χ1) is 8.88. The molecule has 96 valence electrons. The monoisotopic (exact) mass is 279 g/mol. The summed E-state index contributed by atoms with van der Waals surface area (Å²) < 4.78 is 5.36. The van der Waals surface area contributed by atoms with Crippen molar-refractivity contribution in [3.05, 3.63) is 36.2 Å². The van der Waals surface area contributed by atoms with Gasteiger partial charge < -0.3 is 5.32 Å². The van der Waals surface area contributed by atoms with Gasteiger partial charge in [-0.3, -0.25) is 0 Å². The van der Waals surface area contributed by atoms with Crippen molar-refractivity contribution in [2.24, 2.45) is 0 Å². The molecule has 0 radical (unpaired) electrons. The van der Waals surface area contributed by atoms with Gasteiger partial charge in [-0.25, -0.2) is 4.98 Å². The molecule has 1 N–H and O–H groups in total. The van der Waals surface area contributed by atoms with Gasteiger partial charge in [-0.2, -0.15) is 4.37 Å². The number of para-hydroxylation sites is 1. The molecule has 2 rings (SSSR count). The third kappa shape index (κ3) is 4.31. The van der Waals surface area contributed by atoms with Crippen LogP contribution in [0.4, 0.5) is 5.69 Å². The molecule has 1 heterocycles. The Morgan fingerprint density at radius 1 is 1.28 bits per heavy atom. The zero-order chi connectivity index (χ0) is 12.6. The second-order valence-corrected chi connectivity index (χ2v) is 5.92. The van der Waals surface area contributed by atoms with Crippen LogP contribution in [0.2, 0.25) is 0 Å². The van der Waals surface area contributed by atoms with Crippen molar-refractivity contribution in [1.82, 2.24) is 9.36 Å². The number of nitrogens with one attached hydrogen (secondary N) is 1. The van der Waals surface area contributed by atoms with Crippen LogP contribution in [0.15, 0.2) is 34.7 Å². The molecule has 2 aromatic rings. The molecule has 0 aliphatic carbocycles. The summed E-state index contributed by atoms with van der Waals surface area (Å²) in [7, 11) is 0. The van der Waals surface area contributed by atoms with E-state index in [9.17, 15) is 0 Å². The molecule has 3 nitrogen and oxygen atoms in total. The van der Waals surface area contributed by atoms with E-state index in [1.807, 2.05) is 18.2 Å².